The van der Waals surface area contributed by atoms with E-state index < -0.39 is 5.82 Å². The molecule has 1 amide bonds. The summed E-state index contributed by atoms with van der Waals surface area (Å²) in [5.74, 6) is 0.0288. The summed E-state index contributed by atoms with van der Waals surface area (Å²) in [4.78, 5) is 11.9. The van der Waals surface area contributed by atoms with Gasteiger partial charge in [-0.05, 0) is 49.9 Å². The van der Waals surface area contributed by atoms with Gasteiger partial charge in [-0.15, -0.1) is 0 Å². The largest absolute Gasteiger partial charge is 0.392 e. The summed E-state index contributed by atoms with van der Waals surface area (Å²) in [5.41, 5.74) is 0.983. The van der Waals surface area contributed by atoms with E-state index in [4.69, 9.17) is 5.11 Å². The first kappa shape index (κ1) is 15.9. The molecule has 5 heteroatoms. The van der Waals surface area contributed by atoms with Crippen LogP contribution in [0.5, 0.6) is 0 Å². The van der Waals surface area contributed by atoms with Gasteiger partial charge in [-0.1, -0.05) is 12.1 Å². The number of aliphatic hydroxyl groups is 1. The fourth-order valence-electron chi connectivity index (χ4n) is 2.66. The van der Waals surface area contributed by atoms with Crippen LogP contribution in [0.1, 0.15) is 36.8 Å². The van der Waals surface area contributed by atoms with Crippen molar-refractivity contribution in [1.82, 2.24) is 10.6 Å². The van der Waals surface area contributed by atoms with Crippen LogP contribution in [0.3, 0.4) is 0 Å². The van der Waals surface area contributed by atoms with E-state index in [2.05, 4.69) is 10.6 Å². The highest BCUT2D eigenvalue weighted by Crippen LogP contribution is 2.17. The lowest BCUT2D eigenvalue weighted by molar-refractivity contribution is -0.122. The number of amides is 1. The lowest BCUT2D eigenvalue weighted by Crippen LogP contribution is -2.25. The first-order valence-corrected chi connectivity index (χ1v) is 7.54. The van der Waals surface area contributed by atoms with E-state index in [1.807, 2.05) is 0 Å². The molecular weight excluding hydrogens is 271 g/mol. The molecule has 1 unspecified atom stereocenters. The van der Waals surface area contributed by atoms with Crippen molar-refractivity contribution in [3.05, 3.63) is 35.1 Å². The molecule has 1 heterocycles. The second-order valence-electron chi connectivity index (χ2n) is 5.61. The molecule has 0 aromatic heterocycles. The quantitative estimate of drug-likeness (QED) is 0.775. The number of carbonyl (C=O) groups is 1. The zero-order valence-corrected chi connectivity index (χ0v) is 12.2. The third kappa shape index (κ3) is 5.10. The zero-order valence-electron chi connectivity index (χ0n) is 12.2. The van der Waals surface area contributed by atoms with Crippen LogP contribution in [0.15, 0.2) is 18.2 Å². The molecule has 1 atom stereocenters. The third-order valence-electron chi connectivity index (χ3n) is 3.95. The summed E-state index contributed by atoms with van der Waals surface area (Å²) in [6, 6.07) is 4.64. The standard InChI is InChI=1S/C16H23FN2O2/c17-15-8-13(3-4-14(15)11-20)10-19-16(21)9-12-2-1-6-18-7-5-12/h3-4,8,12,18,20H,1-2,5-7,9-11H2,(H,19,21). The molecule has 0 spiro atoms. The zero-order chi connectivity index (χ0) is 15.1. The van der Waals surface area contributed by atoms with Gasteiger partial charge in [0.25, 0.3) is 0 Å². The summed E-state index contributed by atoms with van der Waals surface area (Å²) in [6.45, 7) is 2.03. The molecule has 21 heavy (non-hydrogen) atoms. The Morgan fingerprint density at radius 2 is 2.24 bits per heavy atom. The minimum Gasteiger partial charge on any atom is -0.392 e. The lowest BCUT2D eigenvalue weighted by atomic mass is 9.96. The number of hydrogen-bond acceptors (Lipinski definition) is 3. The van der Waals surface area contributed by atoms with Crippen LogP contribution >= 0.6 is 0 Å². The van der Waals surface area contributed by atoms with Gasteiger partial charge in [-0.25, -0.2) is 4.39 Å². The van der Waals surface area contributed by atoms with Crippen molar-refractivity contribution < 1.29 is 14.3 Å². The maximum Gasteiger partial charge on any atom is 0.220 e. The van der Waals surface area contributed by atoms with Crippen molar-refractivity contribution in [1.29, 1.82) is 0 Å². The summed E-state index contributed by atoms with van der Waals surface area (Å²) >= 11 is 0. The molecule has 2 rings (SSSR count). The lowest BCUT2D eigenvalue weighted by Gasteiger charge is -2.13. The van der Waals surface area contributed by atoms with Crippen molar-refractivity contribution in [3.63, 3.8) is 0 Å². The van der Waals surface area contributed by atoms with Gasteiger partial charge in [0.2, 0.25) is 5.91 Å². The van der Waals surface area contributed by atoms with Gasteiger partial charge >= 0.3 is 0 Å². The second-order valence-corrected chi connectivity index (χ2v) is 5.61. The highest BCUT2D eigenvalue weighted by molar-refractivity contribution is 5.76. The minimum absolute atomic E-state index is 0.0218. The first-order chi connectivity index (χ1) is 10.2. The molecule has 0 radical (unpaired) electrons. The molecule has 0 saturated carbocycles. The predicted octanol–water partition coefficient (Wildman–Crippen LogP) is 1.71. The number of hydrogen-bond donors (Lipinski definition) is 3. The monoisotopic (exact) mass is 294 g/mol. The topological polar surface area (TPSA) is 61.4 Å². The van der Waals surface area contributed by atoms with Gasteiger partial charge in [0.1, 0.15) is 5.82 Å². The van der Waals surface area contributed by atoms with E-state index in [-0.39, 0.29) is 18.1 Å². The van der Waals surface area contributed by atoms with Crippen molar-refractivity contribution in [2.75, 3.05) is 13.1 Å². The fraction of sp³-hybridized carbons (Fsp3) is 0.562. The Morgan fingerprint density at radius 3 is 3.00 bits per heavy atom. The van der Waals surface area contributed by atoms with E-state index in [1.54, 1.807) is 12.1 Å². The van der Waals surface area contributed by atoms with Crippen LogP contribution in [-0.2, 0) is 17.9 Å². The third-order valence-corrected chi connectivity index (χ3v) is 3.95. The smallest absolute Gasteiger partial charge is 0.220 e. The van der Waals surface area contributed by atoms with Crippen LogP contribution in [0.25, 0.3) is 0 Å². The van der Waals surface area contributed by atoms with Crippen LogP contribution in [0.4, 0.5) is 4.39 Å². The molecule has 4 nitrogen and oxygen atoms in total. The Morgan fingerprint density at radius 1 is 1.38 bits per heavy atom. The van der Waals surface area contributed by atoms with E-state index in [0.29, 0.717) is 24.4 Å². The number of rotatable bonds is 5. The van der Waals surface area contributed by atoms with Crippen molar-refractivity contribution in [2.45, 2.75) is 38.8 Å². The van der Waals surface area contributed by atoms with E-state index in [1.165, 1.54) is 6.07 Å². The maximum atomic E-state index is 13.5. The van der Waals surface area contributed by atoms with Crippen LogP contribution < -0.4 is 10.6 Å². The summed E-state index contributed by atoms with van der Waals surface area (Å²) in [6.07, 6.45) is 3.78. The average Bonchev–Trinajstić information content (AvgIpc) is 2.74. The van der Waals surface area contributed by atoms with Gasteiger partial charge < -0.3 is 15.7 Å². The molecule has 1 saturated heterocycles. The van der Waals surface area contributed by atoms with E-state index in [9.17, 15) is 9.18 Å². The number of carbonyl (C=O) groups excluding carboxylic acids is 1. The van der Waals surface area contributed by atoms with Gasteiger partial charge in [-0.2, -0.15) is 0 Å². The Kier molecular flexibility index (Phi) is 6.14. The Hall–Kier alpha value is -1.46. The summed E-state index contributed by atoms with van der Waals surface area (Å²) < 4.78 is 13.5. The van der Waals surface area contributed by atoms with Crippen LogP contribution in [0.2, 0.25) is 0 Å². The minimum atomic E-state index is -0.431. The molecule has 0 bridgehead atoms. The molecule has 1 aliphatic rings. The van der Waals surface area contributed by atoms with Gasteiger partial charge in [0, 0.05) is 18.5 Å². The van der Waals surface area contributed by atoms with Crippen LogP contribution in [-0.4, -0.2) is 24.1 Å². The number of benzene rings is 1. The Labute approximate surface area is 124 Å². The highest BCUT2D eigenvalue weighted by Gasteiger charge is 2.15. The second kappa shape index (κ2) is 8.10. The predicted molar refractivity (Wildman–Crippen MR) is 79.0 cm³/mol. The van der Waals surface area contributed by atoms with E-state index in [0.717, 1.165) is 32.4 Å². The first-order valence-electron chi connectivity index (χ1n) is 7.54. The van der Waals surface area contributed by atoms with Crippen molar-refractivity contribution >= 4 is 5.91 Å². The number of aliphatic hydroxyl groups excluding tert-OH is 1. The molecule has 1 fully saturated rings. The highest BCUT2D eigenvalue weighted by atomic mass is 19.1. The molecule has 116 valence electrons. The SMILES string of the molecule is O=C(CC1CCCNCC1)NCc1ccc(CO)c(F)c1. The molecule has 1 aromatic rings. The molecule has 1 aromatic carbocycles. The molecular formula is C16H23FN2O2. The normalized spacial score (nSPS) is 19.0. The number of nitrogens with one attached hydrogen (secondary N) is 2. The van der Waals surface area contributed by atoms with Gasteiger partial charge in [-0.3, -0.25) is 4.79 Å². The number of halogens is 1. The van der Waals surface area contributed by atoms with E-state index >= 15 is 0 Å². The fourth-order valence-corrected chi connectivity index (χ4v) is 2.66. The molecule has 0 aliphatic carbocycles. The van der Waals surface area contributed by atoms with Crippen molar-refractivity contribution in [2.24, 2.45) is 5.92 Å². The average molecular weight is 294 g/mol. The Bertz CT molecular complexity index is 471. The van der Waals surface area contributed by atoms with Gasteiger partial charge in [0.05, 0.1) is 6.61 Å². The van der Waals surface area contributed by atoms with Crippen molar-refractivity contribution in [3.8, 4) is 0 Å². The Balaban J connectivity index is 1.79. The molecule has 3 N–H and O–H groups in total. The maximum absolute atomic E-state index is 13.5. The van der Waals surface area contributed by atoms with Crippen LogP contribution in [0, 0.1) is 11.7 Å². The van der Waals surface area contributed by atoms with Gasteiger partial charge in [0.15, 0.2) is 0 Å². The summed E-state index contributed by atoms with van der Waals surface area (Å²) in [5, 5.41) is 15.1. The molecule has 1 aliphatic heterocycles. The summed E-state index contributed by atoms with van der Waals surface area (Å²) in [7, 11) is 0.